The molecule has 3 nitrogen and oxygen atoms in total. The fourth-order valence-corrected chi connectivity index (χ4v) is 0.658. The number of rotatable bonds is 1. The minimum absolute atomic E-state index is 0.0706. The minimum Gasteiger partial charge on any atom is -0.368 e. The molecule has 0 radical (unpaired) electrons. The molecule has 6 heteroatoms. The van der Waals surface area contributed by atoms with Crippen molar-refractivity contribution in [3.8, 4) is 0 Å². The van der Waals surface area contributed by atoms with Crippen LogP contribution in [0.25, 0.3) is 5.57 Å². The van der Waals surface area contributed by atoms with E-state index in [1.165, 1.54) is 0 Å². The summed E-state index contributed by atoms with van der Waals surface area (Å²) in [4.78, 5) is 6.84. The summed E-state index contributed by atoms with van der Waals surface area (Å²) in [5.41, 5.74) is 3.94. The highest BCUT2D eigenvalue weighted by molar-refractivity contribution is 5.66. The largest absolute Gasteiger partial charge is 0.416 e. The van der Waals surface area contributed by atoms with E-state index in [0.29, 0.717) is 0 Å². The van der Waals surface area contributed by atoms with E-state index in [4.69, 9.17) is 5.73 Å². The molecule has 0 aliphatic carbocycles. The molecule has 0 amide bonds. The summed E-state index contributed by atoms with van der Waals surface area (Å²) in [7, 11) is 0. The number of allylic oxidation sites excluding steroid dienone is 1. The molecule has 1 aromatic heterocycles. The predicted octanol–water partition coefficient (Wildman–Crippen LogP) is 1.63. The Balaban J connectivity index is 2.97. The second kappa shape index (κ2) is 3.04. The topological polar surface area (TPSA) is 51.8 Å². The number of nitrogen functional groups attached to an aromatic ring is 1. The van der Waals surface area contributed by atoms with Crippen molar-refractivity contribution in [2.24, 2.45) is 0 Å². The molecule has 1 aromatic rings. The van der Waals surface area contributed by atoms with Crippen LogP contribution in [0.3, 0.4) is 0 Å². The molecule has 0 spiro atoms. The number of aromatic nitrogens is 2. The highest BCUT2D eigenvalue weighted by atomic mass is 19.4. The lowest BCUT2D eigenvalue weighted by Gasteiger charge is -2.08. The molecule has 0 bridgehead atoms. The van der Waals surface area contributed by atoms with Gasteiger partial charge in [-0.1, -0.05) is 6.58 Å². The summed E-state index contributed by atoms with van der Waals surface area (Å²) in [5.74, 6) is -0.0706. The van der Waals surface area contributed by atoms with Gasteiger partial charge in [-0.2, -0.15) is 13.2 Å². The Bertz CT molecular complexity index is 315. The first-order valence-corrected chi connectivity index (χ1v) is 3.25. The molecule has 0 aliphatic rings. The Morgan fingerprint density at radius 3 is 2.15 bits per heavy atom. The van der Waals surface area contributed by atoms with Crippen molar-refractivity contribution in [2.75, 3.05) is 5.73 Å². The van der Waals surface area contributed by atoms with Crippen molar-refractivity contribution in [1.29, 1.82) is 0 Å². The highest BCUT2D eigenvalue weighted by Gasteiger charge is 2.33. The van der Waals surface area contributed by atoms with Crippen molar-refractivity contribution in [1.82, 2.24) is 9.97 Å². The molecule has 0 saturated heterocycles. The van der Waals surface area contributed by atoms with Crippen LogP contribution in [-0.4, -0.2) is 16.1 Å². The van der Waals surface area contributed by atoms with Gasteiger partial charge >= 0.3 is 6.18 Å². The average Bonchev–Trinajstić information content (AvgIpc) is 2.03. The van der Waals surface area contributed by atoms with Gasteiger partial charge in [0, 0.05) is 18.0 Å². The van der Waals surface area contributed by atoms with Crippen LogP contribution in [0.15, 0.2) is 19.0 Å². The van der Waals surface area contributed by atoms with Gasteiger partial charge in [-0.25, -0.2) is 9.97 Å². The Kier molecular flexibility index (Phi) is 2.22. The van der Waals surface area contributed by atoms with E-state index in [2.05, 4.69) is 16.5 Å². The van der Waals surface area contributed by atoms with Gasteiger partial charge in [0.25, 0.3) is 0 Å². The number of alkyl halides is 3. The second-order valence-corrected chi connectivity index (χ2v) is 2.31. The molecule has 13 heavy (non-hydrogen) atoms. The zero-order valence-electron chi connectivity index (χ0n) is 6.47. The lowest BCUT2D eigenvalue weighted by Crippen LogP contribution is -2.10. The quantitative estimate of drug-likeness (QED) is 0.730. The predicted molar refractivity (Wildman–Crippen MR) is 41.5 cm³/mol. The van der Waals surface area contributed by atoms with Crippen LogP contribution in [0.5, 0.6) is 0 Å². The summed E-state index contributed by atoms with van der Waals surface area (Å²) < 4.78 is 36.1. The first-order chi connectivity index (χ1) is 5.91. The van der Waals surface area contributed by atoms with Crippen LogP contribution in [0, 0.1) is 0 Å². The van der Waals surface area contributed by atoms with Gasteiger partial charge in [-0.3, -0.25) is 0 Å². The zero-order chi connectivity index (χ0) is 10.1. The zero-order valence-corrected chi connectivity index (χ0v) is 6.47. The fraction of sp³-hybridized carbons (Fsp3) is 0.143. The van der Waals surface area contributed by atoms with E-state index in [9.17, 15) is 13.2 Å². The maximum atomic E-state index is 12.0. The number of halogens is 3. The summed E-state index contributed by atoms with van der Waals surface area (Å²) in [6, 6.07) is 0. The van der Waals surface area contributed by atoms with Crippen LogP contribution in [0.4, 0.5) is 19.1 Å². The van der Waals surface area contributed by atoms with Gasteiger partial charge in [0.15, 0.2) is 0 Å². The number of nitrogens with zero attached hydrogens (tertiary/aromatic N) is 2. The smallest absolute Gasteiger partial charge is 0.368 e. The Morgan fingerprint density at radius 2 is 1.77 bits per heavy atom. The monoisotopic (exact) mass is 189 g/mol. The van der Waals surface area contributed by atoms with E-state index < -0.39 is 11.7 Å². The van der Waals surface area contributed by atoms with E-state index in [1.807, 2.05) is 0 Å². The minimum atomic E-state index is -4.46. The Hall–Kier alpha value is -1.59. The standard InChI is InChI=1S/C7H6F3N3/c1-4(7(8,9)10)5-2-12-6(11)13-3-5/h2-3H,1H2,(H2,11,12,13). The van der Waals surface area contributed by atoms with Gasteiger partial charge < -0.3 is 5.73 Å². The molecule has 2 N–H and O–H groups in total. The lowest BCUT2D eigenvalue weighted by molar-refractivity contribution is -0.0687. The third-order valence-corrected chi connectivity index (χ3v) is 1.36. The first-order valence-electron chi connectivity index (χ1n) is 3.25. The molecular formula is C7H6F3N3. The van der Waals surface area contributed by atoms with Crippen molar-refractivity contribution in [2.45, 2.75) is 6.18 Å². The van der Waals surface area contributed by atoms with Crippen LogP contribution >= 0.6 is 0 Å². The Morgan fingerprint density at radius 1 is 1.31 bits per heavy atom. The summed E-state index contributed by atoms with van der Waals surface area (Å²) in [6.07, 6.45) is -2.49. The number of hydrogen-bond donors (Lipinski definition) is 1. The molecule has 0 atom stereocenters. The average molecular weight is 189 g/mol. The maximum absolute atomic E-state index is 12.0. The van der Waals surface area contributed by atoms with Crippen molar-refractivity contribution in [3.63, 3.8) is 0 Å². The fourth-order valence-electron chi connectivity index (χ4n) is 0.658. The summed E-state index contributed by atoms with van der Waals surface area (Å²) in [6.45, 7) is 2.88. The van der Waals surface area contributed by atoms with Crippen molar-refractivity contribution >= 4 is 11.5 Å². The molecule has 0 fully saturated rings. The summed E-state index contributed by atoms with van der Waals surface area (Å²) in [5, 5.41) is 0. The molecule has 1 rings (SSSR count). The van der Waals surface area contributed by atoms with E-state index in [0.717, 1.165) is 12.4 Å². The third kappa shape index (κ3) is 2.17. The molecule has 0 saturated carbocycles. The van der Waals surface area contributed by atoms with Crippen LogP contribution in [-0.2, 0) is 0 Å². The van der Waals surface area contributed by atoms with Gasteiger partial charge in [0.2, 0.25) is 5.95 Å². The van der Waals surface area contributed by atoms with Gasteiger partial charge in [0.1, 0.15) is 0 Å². The van der Waals surface area contributed by atoms with E-state index in [-0.39, 0.29) is 11.5 Å². The normalized spacial score (nSPS) is 11.3. The van der Waals surface area contributed by atoms with Crippen molar-refractivity contribution in [3.05, 3.63) is 24.5 Å². The number of nitrogens with two attached hydrogens (primary N) is 1. The van der Waals surface area contributed by atoms with Gasteiger partial charge in [-0.15, -0.1) is 0 Å². The van der Waals surface area contributed by atoms with Crippen molar-refractivity contribution < 1.29 is 13.2 Å². The third-order valence-electron chi connectivity index (χ3n) is 1.36. The number of hydrogen-bond acceptors (Lipinski definition) is 3. The van der Waals surface area contributed by atoms with Crippen LogP contribution in [0.2, 0.25) is 0 Å². The van der Waals surface area contributed by atoms with Gasteiger partial charge in [0.05, 0.1) is 5.57 Å². The van der Waals surface area contributed by atoms with Gasteiger partial charge in [-0.05, 0) is 0 Å². The molecule has 1 heterocycles. The first kappa shape index (κ1) is 9.50. The van der Waals surface area contributed by atoms with Crippen LogP contribution < -0.4 is 5.73 Å². The molecule has 0 aliphatic heterocycles. The Labute approximate surface area is 72.1 Å². The number of anilines is 1. The molecular weight excluding hydrogens is 183 g/mol. The SMILES string of the molecule is C=C(c1cnc(N)nc1)C(F)(F)F. The second-order valence-electron chi connectivity index (χ2n) is 2.31. The maximum Gasteiger partial charge on any atom is 0.416 e. The highest BCUT2D eigenvalue weighted by Crippen LogP contribution is 2.31. The molecule has 70 valence electrons. The molecule has 0 unspecified atom stereocenters. The van der Waals surface area contributed by atoms with E-state index >= 15 is 0 Å². The van der Waals surface area contributed by atoms with E-state index in [1.54, 1.807) is 0 Å². The lowest BCUT2D eigenvalue weighted by atomic mass is 10.1. The molecule has 0 aromatic carbocycles. The summed E-state index contributed by atoms with van der Waals surface area (Å²) >= 11 is 0. The van der Waals surface area contributed by atoms with Crippen LogP contribution in [0.1, 0.15) is 5.56 Å².